The van der Waals surface area contributed by atoms with Gasteiger partial charge in [0, 0.05) is 44.4 Å². The van der Waals surface area contributed by atoms with Gasteiger partial charge in [0.1, 0.15) is 12.1 Å². The average Bonchev–Trinajstić information content (AvgIpc) is 3.16. The Morgan fingerprint density at radius 1 is 1.21 bits per heavy atom. The minimum Gasteiger partial charge on any atom is -0.353 e. The van der Waals surface area contributed by atoms with Crippen LogP contribution in [0.2, 0.25) is 0 Å². The Labute approximate surface area is 184 Å². The zero-order chi connectivity index (χ0) is 18.8. The Hall–Kier alpha value is -1.64. The number of carbonyl (C=O) groups is 1. The molecule has 2 fully saturated rings. The van der Waals surface area contributed by atoms with E-state index in [0.717, 1.165) is 50.8 Å². The van der Waals surface area contributed by atoms with Crippen LogP contribution >= 0.6 is 24.8 Å². The van der Waals surface area contributed by atoms with Gasteiger partial charge in [0.25, 0.3) is 5.78 Å². The number of amides is 1. The first-order valence-electron chi connectivity index (χ1n) is 10.0. The smallest absolute Gasteiger partial charge is 0.254 e. The van der Waals surface area contributed by atoms with Gasteiger partial charge in [0.15, 0.2) is 0 Å². The van der Waals surface area contributed by atoms with Crippen molar-refractivity contribution in [1.82, 2.24) is 29.8 Å². The molecule has 4 rings (SSSR count). The van der Waals surface area contributed by atoms with E-state index in [9.17, 15) is 4.79 Å². The molecular weight excluding hydrogens is 413 g/mol. The molecule has 1 atom stereocenters. The molecule has 0 saturated carbocycles. The number of halogens is 2. The molecular formula is C19H31Cl2N7O. The van der Waals surface area contributed by atoms with Crippen LogP contribution in [0.25, 0.3) is 5.78 Å². The number of nitrogens with zero attached hydrogens (tertiary/aromatic N) is 6. The number of aromatic nitrogens is 4. The highest BCUT2D eigenvalue weighted by Gasteiger charge is 2.27. The minimum atomic E-state index is 0. The van der Waals surface area contributed by atoms with Crippen LogP contribution < -0.4 is 10.2 Å². The lowest BCUT2D eigenvalue weighted by molar-refractivity contribution is -0.132. The van der Waals surface area contributed by atoms with Crippen molar-refractivity contribution in [2.24, 2.45) is 11.8 Å². The Bertz CT molecular complexity index is 801. The lowest BCUT2D eigenvalue weighted by Gasteiger charge is -2.37. The van der Waals surface area contributed by atoms with Crippen LogP contribution in [-0.2, 0) is 4.79 Å². The van der Waals surface area contributed by atoms with E-state index >= 15 is 0 Å². The molecule has 10 heteroatoms. The molecule has 2 aromatic heterocycles. The molecule has 1 unspecified atom stereocenters. The van der Waals surface area contributed by atoms with Gasteiger partial charge >= 0.3 is 0 Å². The van der Waals surface area contributed by atoms with Gasteiger partial charge in [0.05, 0.1) is 0 Å². The molecule has 0 bridgehead atoms. The number of fused-ring (bicyclic) bond motifs is 1. The van der Waals surface area contributed by atoms with Gasteiger partial charge in [-0.2, -0.15) is 14.6 Å². The first kappa shape index (κ1) is 23.6. The van der Waals surface area contributed by atoms with Gasteiger partial charge in [-0.3, -0.25) is 4.79 Å². The van der Waals surface area contributed by atoms with Gasteiger partial charge in [0.2, 0.25) is 5.91 Å². The quantitative estimate of drug-likeness (QED) is 0.777. The minimum absolute atomic E-state index is 0. The van der Waals surface area contributed by atoms with Crippen molar-refractivity contribution in [2.75, 3.05) is 44.2 Å². The van der Waals surface area contributed by atoms with Crippen molar-refractivity contribution in [2.45, 2.75) is 33.1 Å². The number of piperidine rings is 1. The normalized spacial score (nSPS) is 18.8. The number of piperazine rings is 1. The summed E-state index contributed by atoms with van der Waals surface area (Å²) >= 11 is 0. The maximum Gasteiger partial charge on any atom is 0.254 e. The topological polar surface area (TPSA) is 78.7 Å². The SMILES string of the molecule is Cc1cc(N2CCN(C(=O)CC(C)C3CCNCC3)CC2)n2ncnc2n1.Cl.Cl. The van der Waals surface area contributed by atoms with Crippen molar-refractivity contribution in [3.05, 3.63) is 18.1 Å². The largest absolute Gasteiger partial charge is 0.353 e. The van der Waals surface area contributed by atoms with E-state index in [2.05, 4.69) is 32.2 Å². The molecule has 2 aliphatic rings. The molecule has 0 spiro atoms. The van der Waals surface area contributed by atoms with Crippen LogP contribution in [-0.4, -0.2) is 69.7 Å². The third kappa shape index (κ3) is 5.29. The molecule has 4 heterocycles. The fourth-order valence-electron chi connectivity index (χ4n) is 4.31. The molecule has 162 valence electrons. The third-order valence-electron chi connectivity index (χ3n) is 6.00. The van der Waals surface area contributed by atoms with Crippen LogP contribution in [0.1, 0.15) is 31.9 Å². The first-order valence-corrected chi connectivity index (χ1v) is 10.0. The Balaban J connectivity index is 0.00000150. The van der Waals surface area contributed by atoms with E-state index in [0.29, 0.717) is 29.9 Å². The predicted molar refractivity (Wildman–Crippen MR) is 118 cm³/mol. The molecule has 2 aliphatic heterocycles. The molecule has 2 saturated heterocycles. The summed E-state index contributed by atoms with van der Waals surface area (Å²) in [5.74, 6) is 3.08. The van der Waals surface area contributed by atoms with Gasteiger partial charge in [-0.05, 0) is 44.7 Å². The van der Waals surface area contributed by atoms with E-state index in [4.69, 9.17) is 0 Å². The van der Waals surface area contributed by atoms with Crippen molar-refractivity contribution in [3.63, 3.8) is 0 Å². The number of nitrogens with one attached hydrogen (secondary N) is 1. The number of rotatable bonds is 4. The van der Waals surface area contributed by atoms with E-state index in [1.807, 2.05) is 17.9 Å². The monoisotopic (exact) mass is 443 g/mol. The summed E-state index contributed by atoms with van der Waals surface area (Å²) in [7, 11) is 0. The van der Waals surface area contributed by atoms with Gasteiger partial charge in [-0.25, -0.2) is 4.98 Å². The second kappa shape index (κ2) is 10.4. The number of anilines is 1. The third-order valence-corrected chi connectivity index (χ3v) is 6.00. The summed E-state index contributed by atoms with van der Waals surface area (Å²) in [6.45, 7) is 9.53. The number of carbonyl (C=O) groups excluding carboxylic acids is 1. The van der Waals surface area contributed by atoms with Crippen molar-refractivity contribution < 1.29 is 4.79 Å². The molecule has 1 N–H and O–H groups in total. The van der Waals surface area contributed by atoms with Gasteiger partial charge in [-0.1, -0.05) is 6.92 Å². The molecule has 8 nitrogen and oxygen atoms in total. The summed E-state index contributed by atoms with van der Waals surface area (Å²) in [4.78, 5) is 25.7. The summed E-state index contributed by atoms with van der Waals surface area (Å²) in [5.41, 5.74) is 0.930. The molecule has 0 aliphatic carbocycles. The second-order valence-corrected chi connectivity index (χ2v) is 7.86. The van der Waals surface area contributed by atoms with E-state index in [1.165, 1.54) is 19.2 Å². The molecule has 0 aromatic carbocycles. The Morgan fingerprint density at radius 3 is 2.59 bits per heavy atom. The highest BCUT2D eigenvalue weighted by Crippen LogP contribution is 2.25. The summed E-state index contributed by atoms with van der Waals surface area (Å²) < 4.78 is 1.78. The maximum atomic E-state index is 12.8. The number of hydrogen-bond donors (Lipinski definition) is 1. The lowest BCUT2D eigenvalue weighted by atomic mass is 9.84. The van der Waals surface area contributed by atoms with Crippen LogP contribution in [0.15, 0.2) is 12.4 Å². The zero-order valence-corrected chi connectivity index (χ0v) is 18.7. The average molecular weight is 444 g/mol. The van der Waals surface area contributed by atoms with E-state index < -0.39 is 0 Å². The maximum absolute atomic E-state index is 12.8. The Kier molecular flexibility index (Phi) is 8.48. The standard InChI is InChI=1S/C19H29N7O.2ClH/c1-14(16-3-5-20-6-4-16)11-18(27)25-9-7-24(8-10-25)17-12-15(2)23-19-21-13-22-26(17)19;;/h12-14,16,20H,3-11H2,1-2H3;2*1H. The van der Waals surface area contributed by atoms with Crippen LogP contribution in [0.3, 0.4) is 0 Å². The fraction of sp³-hybridized carbons (Fsp3) is 0.684. The second-order valence-electron chi connectivity index (χ2n) is 7.86. The number of aryl methyl sites for hydroxylation is 1. The fourth-order valence-corrected chi connectivity index (χ4v) is 4.31. The molecule has 29 heavy (non-hydrogen) atoms. The van der Waals surface area contributed by atoms with E-state index in [1.54, 1.807) is 4.52 Å². The number of hydrogen-bond acceptors (Lipinski definition) is 6. The molecule has 0 radical (unpaired) electrons. The first-order chi connectivity index (χ1) is 13.1. The van der Waals surface area contributed by atoms with Crippen molar-refractivity contribution in [3.8, 4) is 0 Å². The van der Waals surface area contributed by atoms with Crippen molar-refractivity contribution >= 4 is 42.3 Å². The molecule has 1 amide bonds. The van der Waals surface area contributed by atoms with Crippen LogP contribution in [0.5, 0.6) is 0 Å². The highest BCUT2D eigenvalue weighted by atomic mass is 35.5. The molecule has 2 aromatic rings. The van der Waals surface area contributed by atoms with Gasteiger partial charge in [-0.15, -0.1) is 24.8 Å². The lowest BCUT2D eigenvalue weighted by Crippen LogP contribution is -2.49. The summed E-state index contributed by atoms with van der Waals surface area (Å²) in [6, 6.07) is 2.04. The van der Waals surface area contributed by atoms with Gasteiger partial charge < -0.3 is 15.1 Å². The summed E-state index contributed by atoms with van der Waals surface area (Å²) in [5, 5.41) is 7.70. The van der Waals surface area contributed by atoms with Crippen LogP contribution in [0.4, 0.5) is 5.82 Å². The predicted octanol–water partition coefficient (Wildman–Crippen LogP) is 1.95. The highest BCUT2D eigenvalue weighted by molar-refractivity contribution is 5.85. The van der Waals surface area contributed by atoms with Crippen molar-refractivity contribution in [1.29, 1.82) is 0 Å². The zero-order valence-electron chi connectivity index (χ0n) is 17.1. The summed E-state index contributed by atoms with van der Waals surface area (Å²) in [6.07, 6.45) is 4.59. The Morgan fingerprint density at radius 2 is 1.90 bits per heavy atom. The van der Waals surface area contributed by atoms with Crippen LogP contribution in [0, 0.1) is 18.8 Å². The van der Waals surface area contributed by atoms with E-state index in [-0.39, 0.29) is 24.8 Å².